The lowest BCUT2D eigenvalue weighted by molar-refractivity contribution is 0.548. The van der Waals surface area contributed by atoms with Crippen LogP contribution in [-0.2, 0) is 6.42 Å². The monoisotopic (exact) mass is 284 g/mol. The van der Waals surface area contributed by atoms with Crippen molar-refractivity contribution in [2.75, 3.05) is 0 Å². The zero-order chi connectivity index (χ0) is 14.0. The van der Waals surface area contributed by atoms with E-state index in [1.807, 2.05) is 0 Å². The summed E-state index contributed by atoms with van der Waals surface area (Å²) < 4.78 is 40.7. The number of hydrogen-bond donors (Lipinski definition) is 0. The number of aryl methyl sites for hydroxylation is 1. The fraction of sp³-hybridized carbons (Fsp3) is 0.200. The molecular formula is C15H12ClF3. The Hall–Kier alpha value is -1.48. The summed E-state index contributed by atoms with van der Waals surface area (Å²) in [6, 6.07) is 8.21. The molecule has 0 heterocycles. The second-order valence-corrected chi connectivity index (χ2v) is 4.92. The van der Waals surface area contributed by atoms with Crippen molar-refractivity contribution < 1.29 is 13.2 Å². The molecule has 19 heavy (non-hydrogen) atoms. The minimum absolute atomic E-state index is 0.0972. The van der Waals surface area contributed by atoms with Gasteiger partial charge in [0.05, 0.1) is 5.38 Å². The number of benzene rings is 2. The quantitative estimate of drug-likeness (QED) is 0.701. The van der Waals surface area contributed by atoms with E-state index >= 15 is 0 Å². The third-order valence-corrected chi connectivity index (χ3v) is 3.33. The molecule has 4 heteroatoms. The Labute approximate surface area is 114 Å². The van der Waals surface area contributed by atoms with E-state index in [1.54, 1.807) is 19.1 Å². The highest BCUT2D eigenvalue weighted by molar-refractivity contribution is 6.20. The van der Waals surface area contributed by atoms with Crippen LogP contribution in [0.3, 0.4) is 0 Å². The largest absolute Gasteiger partial charge is 0.207 e. The van der Waals surface area contributed by atoms with E-state index in [9.17, 15) is 13.2 Å². The summed E-state index contributed by atoms with van der Waals surface area (Å²) >= 11 is 6.07. The summed E-state index contributed by atoms with van der Waals surface area (Å²) in [6.07, 6.45) is -0.0972. The van der Waals surface area contributed by atoms with Gasteiger partial charge in [-0.3, -0.25) is 0 Å². The topological polar surface area (TPSA) is 0 Å². The van der Waals surface area contributed by atoms with Crippen LogP contribution in [0.25, 0.3) is 0 Å². The molecule has 1 unspecified atom stereocenters. The molecule has 0 saturated carbocycles. The van der Waals surface area contributed by atoms with E-state index in [-0.39, 0.29) is 17.5 Å². The summed E-state index contributed by atoms with van der Waals surface area (Å²) in [5.41, 5.74) is 0.889. The molecule has 0 nitrogen and oxygen atoms in total. The summed E-state index contributed by atoms with van der Waals surface area (Å²) in [7, 11) is 0. The van der Waals surface area contributed by atoms with Crippen LogP contribution in [0.15, 0.2) is 36.4 Å². The SMILES string of the molecule is Cc1ccc(C(Cl)Cc2c(F)cccc2F)c(F)c1. The second kappa shape index (κ2) is 5.66. The van der Waals surface area contributed by atoms with Crippen molar-refractivity contribution in [3.05, 3.63) is 70.5 Å². The Morgan fingerprint density at radius 2 is 1.63 bits per heavy atom. The van der Waals surface area contributed by atoms with Gasteiger partial charge in [-0.2, -0.15) is 0 Å². The molecule has 0 saturated heterocycles. The van der Waals surface area contributed by atoms with Crippen LogP contribution < -0.4 is 0 Å². The number of rotatable bonds is 3. The Balaban J connectivity index is 2.28. The van der Waals surface area contributed by atoms with Gasteiger partial charge in [-0.1, -0.05) is 18.2 Å². The zero-order valence-corrected chi connectivity index (χ0v) is 11.0. The molecule has 0 N–H and O–H groups in total. The van der Waals surface area contributed by atoms with Gasteiger partial charge in [-0.25, -0.2) is 13.2 Å². The first-order chi connectivity index (χ1) is 8.99. The first-order valence-electron chi connectivity index (χ1n) is 5.82. The van der Waals surface area contributed by atoms with Crippen molar-refractivity contribution in [1.29, 1.82) is 0 Å². The molecule has 0 aromatic heterocycles. The maximum atomic E-state index is 13.7. The molecule has 100 valence electrons. The first-order valence-corrected chi connectivity index (χ1v) is 6.25. The third-order valence-electron chi connectivity index (χ3n) is 2.94. The molecule has 0 fully saturated rings. The molecular weight excluding hydrogens is 273 g/mol. The molecule has 2 aromatic rings. The van der Waals surface area contributed by atoms with Gasteiger partial charge in [0.25, 0.3) is 0 Å². The van der Waals surface area contributed by atoms with Crippen LogP contribution >= 0.6 is 11.6 Å². The Morgan fingerprint density at radius 3 is 2.21 bits per heavy atom. The lowest BCUT2D eigenvalue weighted by atomic mass is 10.0. The molecule has 0 bridgehead atoms. The van der Waals surface area contributed by atoms with Gasteiger partial charge in [0.2, 0.25) is 0 Å². The molecule has 0 spiro atoms. The Bertz CT molecular complexity index is 576. The van der Waals surface area contributed by atoms with Crippen molar-refractivity contribution in [3.63, 3.8) is 0 Å². The highest BCUT2D eigenvalue weighted by Gasteiger charge is 2.18. The summed E-state index contributed by atoms with van der Waals surface area (Å²) in [5, 5.41) is -0.813. The lowest BCUT2D eigenvalue weighted by Gasteiger charge is -2.12. The minimum atomic E-state index is -0.813. The summed E-state index contributed by atoms with van der Waals surface area (Å²) in [4.78, 5) is 0. The second-order valence-electron chi connectivity index (χ2n) is 4.40. The average molecular weight is 285 g/mol. The lowest BCUT2D eigenvalue weighted by Crippen LogP contribution is -2.03. The number of hydrogen-bond acceptors (Lipinski definition) is 0. The molecule has 0 amide bonds. The molecule has 0 aliphatic rings. The molecule has 0 aliphatic heterocycles. The highest BCUT2D eigenvalue weighted by atomic mass is 35.5. The average Bonchev–Trinajstić information content (AvgIpc) is 2.33. The maximum Gasteiger partial charge on any atom is 0.129 e. The standard InChI is InChI=1S/C15H12ClF3/c1-9-5-6-10(15(19)7-9)12(16)8-11-13(17)3-2-4-14(11)18/h2-7,12H,8H2,1H3. The van der Waals surface area contributed by atoms with Crippen LogP contribution in [0.5, 0.6) is 0 Å². The van der Waals surface area contributed by atoms with Gasteiger partial charge in [0.15, 0.2) is 0 Å². The summed E-state index contributed by atoms with van der Waals surface area (Å²) in [5.74, 6) is -1.80. The van der Waals surface area contributed by atoms with Crippen molar-refractivity contribution in [2.24, 2.45) is 0 Å². The van der Waals surface area contributed by atoms with E-state index in [4.69, 9.17) is 11.6 Å². The van der Waals surface area contributed by atoms with Gasteiger partial charge >= 0.3 is 0 Å². The van der Waals surface area contributed by atoms with E-state index in [2.05, 4.69) is 0 Å². The normalized spacial score (nSPS) is 12.5. The Kier molecular flexibility index (Phi) is 4.15. The fourth-order valence-electron chi connectivity index (χ4n) is 1.90. The predicted molar refractivity (Wildman–Crippen MR) is 69.8 cm³/mol. The van der Waals surface area contributed by atoms with E-state index in [1.165, 1.54) is 12.1 Å². The van der Waals surface area contributed by atoms with Gasteiger partial charge in [0.1, 0.15) is 17.5 Å². The predicted octanol–water partition coefficient (Wildman–Crippen LogP) is 4.93. The molecule has 0 aliphatic carbocycles. The van der Waals surface area contributed by atoms with E-state index in [0.29, 0.717) is 0 Å². The van der Waals surface area contributed by atoms with E-state index in [0.717, 1.165) is 17.7 Å². The smallest absolute Gasteiger partial charge is 0.129 e. The van der Waals surface area contributed by atoms with Crippen LogP contribution in [0, 0.1) is 24.4 Å². The van der Waals surface area contributed by atoms with Crippen molar-refractivity contribution in [2.45, 2.75) is 18.7 Å². The van der Waals surface area contributed by atoms with Gasteiger partial charge in [-0.15, -0.1) is 11.6 Å². The fourth-order valence-corrected chi connectivity index (χ4v) is 2.23. The van der Waals surface area contributed by atoms with Crippen LogP contribution in [0.2, 0.25) is 0 Å². The number of halogens is 4. The molecule has 2 rings (SSSR count). The van der Waals surface area contributed by atoms with Crippen molar-refractivity contribution >= 4 is 11.6 Å². The van der Waals surface area contributed by atoms with Crippen LogP contribution in [0.1, 0.15) is 22.1 Å². The maximum absolute atomic E-state index is 13.7. The zero-order valence-electron chi connectivity index (χ0n) is 10.3. The van der Waals surface area contributed by atoms with Crippen LogP contribution in [0.4, 0.5) is 13.2 Å². The third kappa shape index (κ3) is 3.10. The Morgan fingerprint density at radius 1 is 1.00 bits per heavy atom. The molecule has 0 radical (unpaired) electrons. The van der Waals surface area contributed by atoms with Crippen molar-refractivity contribution in [3.8, 4) is 0 Å². The van der Waals surface area contributed by atoms with Gasteiger partial charge in [0, 0.05) is 11.1 Å². The highest BCUT2D eigenvalue weighted by Crippen LogP contribution is 2.29. The number of alkyl halides is 1. The first kappa shape index (κ1) is 13.9. The van der Waals surface area contributed by atoms with E-state index < -0.39 is 22.8 Å². The molecule has 1 atom stereocenters. The van der Waals surface area contributed by atoms with Crippen LogP contribution in [-0.4, -0.2) is 0 Å². The van der Waals surface area contributed by atoms with Gasteiger partial charge in [-0.05, 0) is 37.1 Å². The van der Waals surface area contributed by atoms with Gasteiger partial charge < -0.3 is 0 Å². The molecule has 2 aromatic carbocycles. The minimum Gasteiger partial charge on any atom is -0.207 e. The van der Waals surface area contributed by atoms with Crippen molar-refractivity contribution in [1.82, 2.24) is 0 Å². The summed E-state index contributed by atoms with van der Waals surface area (Å²) in [6.45, 7) is 1.76.